The lowest BCUT2D eigenvalue weighted by Crippen LogP contribution is -2.10. The number of nitrogens with one attached hydrogen (secondary N) is 1. The third-order valence-electron chi connectivity index (χ3n) is 1.57. The van der Waals surface area contributed by atoms with Crippen molar-refractivity contribution < 1.29 is 13.9 Å². The SMILES string of the molecule is OCc1cccc(NCC(F)F)c1. The van der Waals surface area contributed by atoms with Crippen LogP contribution in [0.2, 0.25) is 0 Å². The fourth-order valence-electron chi connectivity index (χ4n) is 0.975. The molecule has 1 aromatic carbocycles. The summed E-state index contributed by atoms with van der Waals surface area (Å²) in [5, 5.41) is 11.3. The van der Waals surface area contributed by atoms with Gasteiger partial charge in [0.2, 0.25) is 0 Å². The Morgan fingerprint density at radius 3 is 2.77 bits per heavy atom. The van der Waals surface area contributed by atoms with Crippen molar-refractivity contribution >= 4 is 5.69 Å². The summed E-state index contributed by atoms with van der Waals surface area (Å²) in [4.78, 5) is 0. The quantitative estimate of drug-likeness (QED) is 0.754. The fourth-order valence-corrected chi connectivity index (χ4v) is 0.975. The van der Waals surface area contributed by atoms with Crippen molar-refractivity contribution in [1.29, 1.82) is 0 Å². The molecule has 0 saturated heterocycles. The number of anilines is 1. The Morgan fingerprint density at radius 1 is 1.38 bits per heavy atom. The number of benzene rings is 1. The van der Waals surface area contributed by atoms with Crippen LogP contribution in [-0.2, 0) is 6.61 Å². The number of alkyl halides is 2. The van der Waals surface area contributed by atoms with E-state index in [2.05, 4.69) is 5.32 Å². The standard InChI is InChI=1S/C9H11F2NO/c10-9(11)5-12-8-3-1-2-7(4-8)6-13/h1-4,9,12-13H,5-6H2. The van der Waals surface area contributed by atoms with Gasteiger partial charge in [-0.3, -0.25) is 0 Å². The van der Waals surface area contributed by atoms with Crippen molar-refractivity contribution in [1.82, 2.24) is 0 Å². The third-order valence-corrected chi connectivity index (χ3v) is 1.57. The number of aliphatic hydroxyl groups is 1. The molecule has 0 aliphatic carbocycles. The van der Waals surface area contributed by atoms with Crippen LogP contribution in [0.3, 0.4) is 0 Å². The van der Waals surface area contributed by atoms with Gasteiger partial charge in [0, 0.05) is 5.69 Å². The van der Waals surface area contributed by atoms with Crippen LogP contribution in [0.1, 0.15) is 5.56 Å². The van der Waals surface area contributed by atoms with Crippen molar-refractivity contribution in [3.63, 3.8) is 0 Å². The van der Waals surface area contributed by atoms with Gasteiger partial charge >= 0.3 is 0 Å². The molecule has 0 aliphatic rings. The van der Waals surface area contributed by atoms with Gasteiger partial charge in [-0.2, -0.15) is 0 Å². The Bertz CT molecular complexity index is 266. The first kappa shape index (κ1) is 9.92. The summed E-state index contributed by atoms with van der Waals surface area (Å²) in [7, 11) is 0. The summed E-state index contributed by atoms with van der Waals surface area (Å²) in [5.74, 6) is 0. The molecule has 0 unspecified atom stereocenters. The number of rotatable bonds is 4. The molecule has 2 nitrogen and oxygen atoms in total. The van der Waals surface area contributed by atoms with E-state index in [9.17, 15) is 8.78 Å². The van der Waals surface area contributed by atoms with Crippen LogP contribution in [0.25, 0.3) is 0 Å². The summed E-state index contributed by atoms with van der Waals surface area (Å²) in [5.41, 5.74) is 1.31. The van der Waals surface area contributed by atoms with Gasteiger partial charge in [0.15, 0.2) is 0 Å². The Labute approximate surface area is 75.2 Å². The van der Waals surface area contributed by atoms with E-state index in [1.54, 1.807) is 24.3 Å². The lowest BCUT2D eigenvalue weighted by molar-refractivity contribution is 0.163. The van der Waals surface area contributed by atoms with E-state index in [0.29, 0.717) is 11.3 Å². The molecule has 0 aromatic heterocycles. The minimum Gasteiger partial charge on any atom is -0.392 e. The Balaban J connectivity index is 2.56. The summed E-state index contributed by atoms with van der Waals surface area (Å²) in [6.07, 6.45) is -2.36. The molecule has 0 aliphatic heterocycles. The van der Waals surface area contributed by atoms with E-state index < -0.39 is 6.43 Å². The van der Waals surface area contributed by atoms with Crippen molar-refractivity contribution in [2.75, 3.05) is 11.9 Å². The topological polar surface area (TPSA) is 32.3 Å². The first-order chi connectivity index (χ1) is 6.22. The highest BCUT2D eigenvalue weighted by Gasteiger charge is 2.01. The number of aliphatic hydroxyl groups excluding tert-OH is 1. The Kier molecular flexibility index (Phi) is 3.64. The zero-order valence-electron chi connectivity index (χ0n) is 7.00. The summed E-state index contributed by atoms with van der Waals surface area (Å²) in [6.45, 7) is -0.445. The molecular formula is C9H11F2NO. The molecule has 13 heavy (non-hydrogen) atoms. The molecule has 2 N–H and O–H groups in total. The normalized spacial score (nSPS) is 10.5. The molecule has 0 radical (unpaired) electrons. The van der Waals surface area contributed by atoms with Gasteiger partial charge in [0.1, 0.15) is 0 Å². The van der Waals surface area contributed by atoms with Crippen molar-refractivity contribution in [3.05, 3.63) is 29.8 Å². The lowest BCUT2D eigenvalue weighted by Gasteiger charge is -2.06. The first-order valence-electron chi connectivity index (χ1n) is 3.94. The molecule has 4 heteroatoms. The van der Waals surface area contributed by atoms with Crippen LogP contribution in [0, 0.1) is 0 Å². The average Bonchev–Trinajstić information content (AvgIpc) is 2.15. The van der Waals surface area contributed by atoms with Crippen molar-refractivity contribution in [2.24, 2.45) is 0 Å². The van der Waals surface area contributed by atoms with Crippen molar-refractivity contribution in [2.45, 2.75) is 13.0 Å². The van der Waals surface area contributed by atoms with Gasteiger partial charge in [0.05, 0.1) is 13.2 Å². The van der Waals surface area contributed by atoms with Gasteiger partial charge in [-0.15, -0.1) is 0 Å². The molecule has 0 heterocycles. The molecule has 0 spiro atoms. The van der Waals surface area contributed by atoms with E-state index >= 15 is 0 Å². The van der Waals surface area contributed by atoms with Crippen LogP contribution in [0.4, 0.5) is 14.5 Å². The minimum absolute atomic E-state index is 0.0792. The predicted molar refractivity (Wildman–Crippen MR) is 46.9 cm³/mol. The van der Waals surface area contributed by atoms with Gasteiger partial charge in [0.25, 0.3) is 6.43 Å². The summed E-state index contributed by atoms with van der Waals surface area (Å²) >= 11 is 0. The monoisotopic (exact) mass is 187 g/mol. The van der Waals surface area contributed by atoms with E-state index in [1.807, 2.05) is 0 Å². The van der Waals surface area contributed by atoms with Gasteiger partial charge in [-0.05, 0) is 17.7 Å². The predicted octanol–water partition coefficient (Wildman–Crippen LogP) is 1.86. The zero-order valence-corrected chi connectivity index (χ0v) is 7.00. The highest BCUT2D eigenvalue weighted by atomic mass is 19.3. The molecule has 0 saturated carbocycles. The van der Waals surface area contributed by atoms with Gasteiger partial charge < -0.3 is 10.4 Å². The van der Waals surface area contributed by atoms with E-state index in [-0.39, 0.29) is 13.2 Å². The number of halogens is 2. The highest BCUT2D eigenvalue weighted by Crippen LogP contribution is 2.10. The van der Waals surface area contributed by atoms with E-state index in [1.165, 1.54) is 0 Å². The van der Waals surface area contributed by atoms with Crippen LogP contribution < -0.4 is 5.32 Å². The number of hydrogen-bond acceptors (Lipinski definition) is 2. The first-order valence-corrected chi connectivity index (χ1v) is 3.94. The van der Waals surface area contributed by atoms with Crippen LogP contribution in [-0.4, -0.2) is 18.1 Å². The summed E-state index contributed by atoms with van der Waals surface area (Å²) in [6, 6.07) is 6.76. The maximum absolute atomic E-state index is 11.8. The number of hydrogen-bond donors (Lipinski definition) is 2. The maximum atomic E-state index is 11.8. The fraction of sp³-hybridized carbons (Fsp3) is 0.333. The molecule has 1 aromatic rings. The van der Waals surface area contributed by atoms with Crippen LogP contribution in [0.5, 0.6) is 0 Å². The summed E-state index contributed by atoms with van der Waals surface area (Å²) < 4.78 is 23.6. The van der Waals surface area contributed by atoms with Gasteiger partial charge in [-0.25, -0.2) is 8.78 Å². The Morgan fingerprint density at radius 2 is 2.15 bits per heavy atom. The second-order valence-electron chi connectivity index (χ2n) is 2.63. The maximum Gasteiger partial charge on any atom is 0.255 e. The molecule has 72 valence electrons. The second kappa shape index (κ2) is 4.77. The average molecular weight is 187 g/mol. The van der Waals surface area contributed by atoms with E-state index in [0.717, 1.165) is 0 Å². The van der Waals surface area contributed by atoms with Gasteiger partial charge in [-0.1, -0.05) is 12.1 Å². The van der Waals surface area contributed by atoms with Crippen LogP contribution in [0.15, 0.2) is 24.3 Å². The zero-order chi connectivity index (χ0) is 9.68. The highest BCUT2D eigenvalue weighted by molar-refractivity contribution is 5.45. The molecule has 0 bridgehead atoms. The molecule has 0 amide bonds. The Hall–Kier alpha value is -1.16. The molecule has 1 rings (SSSR count). The van der Waals surface area contributed by atoms with Crippen molar-refractivity contribution in [3.8, 4) is 0 Å². The molecule has 0 fully saturated rings. The smallest absolute Gasteiger partial charge is 0.255 e. The van der Waals surface area contributed by atoms with Crippen LogP contribution >= 0.6 is 0 Å². The minimum atomic E-state index is -2.36. The molecule has 0 atom stereocenters. The third kappa shape index (κ3) is 3.38. The van der Waals surface area contributed by atoms with E-state index in [4.69, 9.17) is 5.11 Å². The largest absolute Gasteiger partial charge is 0.392 e. The lowest BCUT2D eigenvalue weighted by atomic mass is 10.2. The molecular weight excluding hydrogens is 176 g/mol. The second-order valence-corrected chi connectivity index (χ2v) is 2.63.